The van der Waals surface area contributed by atoms with Crippen LogP contribution in [0.2, 0.25) is 0 Å². The summed E-state index contributed by atoms with van der Waals surface area (Å²) >= 11 is 0. The number of nitrogens with one attached hydrogen (secondary N) is 1. The van der Waals surface area contributed by atoms with E-state index in [1.54, 1.807) is 0 Å². The minimum absolute atomic E-state index is 0. The zero-order valence-electron chi connectivity index (χ0n) is 15.9. The van der Waals surface area contributed by atoms with Gasteiger partial charge in [0.25, 0.3) is 0 Å². The predicted octanol–water partition coefficient (Wildman–Crippen LogP) is 1.79. The second-order valence-electron chi connectivity index (χ2n) is 6.34. The van der Waals surface area contributed by atoms with Crippen molar-refractivity contribution in [3.05, 3.63) is 24.3 Å². The van der Waals surface area contributed by atoms with Crippen molar-refractivity contribution in [3.8, 4) is 0 Å². The Balaban J connectivity index is 0.00000312. The molecule has 1 N–H and O–H groups in total. The Kier molecular flexibility index (Phi) is 9.41. The molecule has 7 nitrogen and oxygen atoms in total. The van der Waals surface area contributed by atoms with Crippen LogP contribution in [0, 0.1) is 6.92 Å². The summed E-state index contributed by atoms with van der Waals surface area (Å²) in [5, 5.41) is 11.6. The molecule has 1 aromatic heterocycles. The Morgan fingerprint density at radius 1 is 1.48 bits per heavy atom. The van der Waals surface area contributed by atoms with E-state index in [0.29, 0.717) is 19.1 Å². The minimum atomic E-state index is 0. The lowest BCUT2D eigenvalue weighted by Gasteiger charge is -2.29. The smallest absolute Gasteiger partial charge is 0.194 e. The molecule has 0 amide bonds. The number of rotatable bonds is 7. The summed E-state index contributed by atoms with van der Waals surface area (Å²) in [6, 6.07) is 0.604. The lowest BCUT2D eigenvalue weighted by atomic mass is 10.2. The average molecular weight is 461 g/mol. The van der Waals surface area contributed by atoms with Crippen molar-refractivity contribution >= 4 is 29.9 Å². The lowest BCUT2D eigenvalue weighted by molar-refractivity contribution is 0.233. The van der Waals surface area contributed by atoms with Crippen molar-refractivity contribution < 1.29 is 0 Å². The molecule has 0 aliphatic carbocycles. The van der Waals surface area contributed by atoms with Gasteiger partial charge in [-0.2, -0.15) is 0 Å². The molecule has 2 heterocycles. The molecule has 1 atom stereocenters. The van der Waals surface area contributed by atoms with Crippen molar-refractivity contribution in [3.63, 3.8) is 0 Å². The number of likely N-dealkylation sites (tertiary alicyclic amines) is 1. The zero-order chi connectivity index (χ0) is 17.5. The van der Waals surface area contributed by atoms with Gasteiger partial charge in [0.1, 0.15) is 12.4 Å². The molecule has 1 aliphatic rings. The van der Waals surface area contributed by atoms with Crippen LogP contribution < -0.4 is 5.32 Å². The van der Waals surface area contributed by atoms with E-state index >= 15 is 0 Å². The molecule has 1 saturated heterocycles. The molecule has 1 fully saturated rings. The molecule has 0 bridgehead atoms. The van der Waals surface area contributed by atoms with Crippen molar-refractivity contribution in [1.82, 2.24) is 29.9 Å². The summed E-state index contributed by atoms with van der Waals surface area (Å²) in [7, 11) is 4.07. The maximum absolute atomic E-state index is 4.74. The maximum Gasteiger partial charge on any atom is 0.194 e. The first-order valence-corrected chi connectivity index (χ1v) is 8.76. The SMILES string of the molecule is C=CCNC(=NCc1nnc(C)n1C)N(C)CC1CCCN1CC.I. The van der Waals surface area contributed by atoms with Crippen LogP contribution in [0.3, 0.4) is 0 Å². The van der Waals surface area contributed by atoms with Gasteiger partial charge < -0.3 is 14.8 Å². The number of aryl methyl sites for hydroxylation is 1. The Morgan fingerprint density at radius 3 is 2.84 bits per heavy atom. The largest absolute Gasteiger partial charge is 0.353 e. The van der Waals surface area contributed by atoms with Crippen LogP contribution in [0.25, 0.3) is 0 Å². The molecule has 0 radical (unpaired) electrons. The van der Waals surface area contributed by atoms with Crippen molar-refractivity contribution in [2.75, 3.05) is 33.2 Å². The zero-order valence-corrected chi connectivity index (χ0v) is 18.2. The Bertz CT molecular complexity index is 569. The molecule has 1 aromatic rings. The van der Waals surface area contributed by atoms with E-state index in [2.05, 4.69) is 45.9 Å². The monoisotopic (exact) mass is 461 g/mol. The van der Waals surface area contributed by atoms with Gasteiger partial charge in [-0.3, -0.25) is 4.90 Å². The van der Waals surface area contributed by atoms with Crippen LogP contribution in [0.1, 0.15) is 31.4 Å². The summed E-state index contributed by atoms with van der Waals surface area (Å²) in [6.45, 7) is 12.5. The van der Waals surface area contributed by atoms with Crippen LogP contribution >= 0.6 is 24.0 Å². The Morgan fingerprint density at radius 2 is 2.24 bits per heavy atom. The number of guanidine groups is 1. The first kappa shape index (κ1) is 21.9. The van der Waals surface area contributed by atoms with E-state index in [0.717, 1.165) is 30.7 Å². The van der Waals surface area contributed by atoms with Crippen LogP contribution in [0.5, 0.6) is 0 Å². The molecule has 0 spiro atoms. The Labute approximate surface area is 168 Å². The summed E-state index contributed by atoms with van der Waals surface area (Å²) < 4.78 is 1.98. The average Bonchev–Trinajstić information content (AvgIpc) is 3.15. The van der Waals surface area contributed by atoms with Gasteiger partial charge >= 0.3 is 0 Å². The van der Waals surface area contributed by atoms with Gasteiger partial charge in [-0.15, -0.1) is 40.8 Å². The van der Waals surface area contributed by atoms with Crippen molar-refractivity contribution in [2.24, 2.45) is 12.0 Å². The third-order valence-corrected chi connectivity index (χ3v) is 4.71. The van der Waals surface area contributed by atoms with Crippen molar-refractivity contribution in [2.45, 2.75) is 39.3 Å². The van der Waals surface area contributed by atoms with Gasteiger partial charge in [-0.25, -0.2) is 4.99 Å². The van der Waals surface area contributed by atoms with E-state index in [1.165, 1.54) is 19.4 Å². The van der Waals surface area contributed by atoms with E-state index in [1.807, 2.05) is 24.6 Å². The maximum atomic E-state index is 4.74. The molecule has 0 saturated carbocycles. The third-order valence-electron chi connectivity index (χ3n) is 4.71. The molecule has 1 aliphatic heterocycles. The van der Waals surface area contributed by atoms with Crippen LogP contribution in [-0.2, 0) is 13.6 Å². The van der Waals surface area contributed by atoms with Gasteiger partial charge in [0.15, 0.2) is 11.8 Å². The van der Waals surface area contributed by atoms with E-state index in [4.69, 9.17) is 4.99 Å². The standard InChI is InChI=1S/C17H31N7.HI/c1-6-10-18-17(19-12-16-21-20-14(3)23(16)5)22(4)13-15-9-8-11-24(15)7-2;/h6,15H,1,7-13H2,2-5H3,(H,18,19);1H. The highest BCUT2D eigenvalue weighted by atomic mass is 127. The van der Waals surface area contributed by atoms with Crippen molar-refractivity contribution in [1.29, 1.82) is 0 Å². The first-order chi connectivity index (χ1) is 11.6. The number of hydrogen-bond acceptors (Lipinski definition) is 4. The molecule has 142 valence electrons. The fourth-order valence-corrected chi connectivity index (χ4v) is 3.13. The Hall–Kier alpha value is -1.16. The van der Waals surface area contributed by atoms with E-state index in [9.17, 15) is 0 Å². The molecule has 1 unspecified atom stereocenters. The van der Waals surface area contributed by atoms with Gasteiger partial charge in [-0.1, -0.05) is 13.0 Å². The fourth-order valence-electron chi connectivity index (χ4n) is 3.13. The summed E-state index contributed by atoms with van der Waals surface area (Å²) in [6.07, 6.45) is 4.40. The topological polar surface area (TPSA) is 61.6 Å². The molecule has 25 heavy (non-hydrogen) atoms. The molecule has 0 aromatic carbocycles. The summed E-state index contributed by atoms with van der Waals surface area (Å²) in [5.74, 6) is 2.66. The van der Waals surface area contributed by atoms with E-state index < -0.39 is 0 Å². The summed E-state index contributed by atoms with van der Waals surface area (Å²) in [5.41, 5.74) is 0. The van der Waals surface area contributed by atoms with Crippen LogP contribution in [0.15, 0.2) is 17.6 Å². The van der Waals surface area contributed by atoms with Crippen LogP contribution in [-0.4, -0.2) is 69.8 Å². The number of aliphatic imine (C=N–C) groups is 1. The van der Waals surface area contributed by atoms with Gasteiger partial charge in [0.05, 0.1) is 0 Å². The van der Waals surface area contributed by atoms with E-state index in [-0.39, 0.29) is 24.0 Å². The quantitative estimate of drug-likeness (QED) is 0.291. The minimum Gasteiger partial charge on any atom is -0.353 e. The second-order valence-corrected chi connectivity index (χ2v) is 6.34. The lowest BCUT2D eigenvalue weighted by Crippen LogP contribution is -2.46. The molecular formula is C17H32IN7. The molecule has 8 heteroatoms. The highest BCUT2D eigenvalue weighted by Crippen LogP contribution is 2.17. The second kappa shape index (κ2) is 10.7. The number of hydrogen-bond donors (Lipinski definition) is 1. The summed E-state index contributed by atoms with van der Waals surface area (Å²) in [4.78, 5) is 9.50. The van der Waals surface area contributed by atoms with Gasteiger partial charge in [0, 0.05) is 33.2 Å². The number of aromatic nitrogens is 3. The number of halogens is 1. The van der Waals surface area contributed by atoms with Gasteiger partial charge in [-0.05, 0) is 32.9 Å². The highest BCUT2D eigenvalue weighted by molar-refractivity contribution is 14.0. The van der Waals surface area contributed by atoms with Crippen LogP contribution in [0.4, 0.5) is 0 Å². The third kappa shape index (κ3) is 5.95. The fraction of sp³-hybridized carbons (Fsp3) is 0.706. The normalized spacial score (nSPS) is 18.1. The first-order valence-electron chi connectivity index (χ1n) is 8.76. The number of likely N-dealkylation sites (N-methyl/N-ethyl adjacent to an activating group) is 2. The highest BCUT2D eigenvalue weighted by Gasteiger charge is 2.25. The molecule has 2 rings (SSSR count). The number of nitrogens with zero attached hydrogens (tertiary/aromatic N) is 6. The molecular weight excluding hydrogens is 429 g/mol. The predicted molar refractivity (Wildman–Crippen MR) is 113 cm³/mol. The van der Waals surface area contributed by atoms with Gasteiger partial charge in [0.2, 0.25) is 0 Å².